The first-order valence-electron chi connectivity index (χ1n) is 9.03. The molecular weight excluding hydrogens is 347 g/mol. The molecule has 0 aromatic heterocycles. The molecule has 1 aliphatic heterocycles. The molecule has 1 saturated heterocycles. The average Bonchev–Trinajstić information content (AvgIpc) is 2.72. The molecule has 3 rings (SSSR count). The fourth-order valence-corrected chi connectivity index (χ4v) is 3.20. The van der Waals surface area contributed by atoms with E-state index in [2.05, 4.69) is 0 Å². The van der Waals surface area contributed by atoms with Crippen LogP contribution in [0.4, 0.5) is 4.39 Å². The minimum atomic E-state index is -0.279. The number of ether oxygens (including phenoxy) is 1. The standard InChI is InChI=1S/C21H23FN2O3/c1-27-18-7-4-6-17(15-18)21(26)24-13-11-23(12-14-24)20(25)10-9-16-5-2-3-8-19(16)22/h2-8,15H,9-14H2,1H3. The molecule has 1 heterocycles. The quantitative estimate of drug-likeness (QED) is 0.813. The number of methoxy groups -OCH3 is 1. The summed E-state index contributed by atoms with van der Waals surface area (Å²) in [4.78, 5) is 28.5. The molecule has 2 amide bonds. The Morgan fingerprint density at radius 3 is 2.41 bits per heavy atom. The van der Waals surface area contributed by atoms with Crippen molar-refractivity contribution in [2.75, 3.05) is 33.3 Å². The molecule has 142 valence electrons. The van der Waals surface area contributed by atoms with Crippen LogP contribution in [0.5, 0.6) is 5.75 Å². The molecule has 0 bridgehead atoms. The van der Waals surface area contributed by atoms with E-state index in [1.54, 1.807) is 59.4 Å². The van der Waals surface area contributed by atoms with E-state index in [9.17, 15) is 14.0 Å². The number of nitrogens with zero attached hydrogens (tertiary/aromatic N) is 2. The summed E-state index contributed by atoms with van der Waals surface area (Å²) in [6.45, 7) is 1.96. The number of piperazine rings is 1. The van der Waals surface area contributed by atoms with Crippen molar-refractivity contribution in [1.29, 1.82) is 0 Å². The van der Waals surface area contributed by atoms with Crippen LogP contribution in [0.25, 0.3) is 0 Å². The normalized spacial score (nSPS) is 14.1. The second kappa shape index (κ2) is 8.66. The third-order valence-electron chi connectivity index (χ3n) is 4.80. The summed E-state index contributed by atoms with van der Waals surface area (Å²) in [6.07, 6.45) is 0.652. The van der Waals surface area contributed by atoms with E-state index in [1.165, 1.54) is 6.07 Å². The molecule has 1 fully saturated rings. The number of aryl methyl sites for hydroxylation is 1. The molecule has 27 heavy (non-hydrogen) atoms. The molecular formula is C21H23FN2O3. The van der Waals surface area contributed by atoms with E-state index in [-0.39, 0.29) is 24.1 Å². The highest BCUT2D eigenvalue weighted by Gasteiger charge is 2.25. The van der Waals surface area contributed by atoms with Gasteiger partial charge in [-0.25, -0.2) is 4.39 Å². The molecule has 0 spiro atoms. The van der Waals surface area contributed by atoms with Crippen molar-refractivity contribution in [1.82, 2.24) is 9.80 Å². The molecule has 0 saturated carbocycles. The minimum absolute atomic E-state index is 0.00766. The van der Waals surface area contributed by atoms with Gasteiger partial charge in [-0.3, -0.25) is 9.59 Å². The Bertz CT molecular complexity index is 817. The zero-order valence-electron chi connectivity index (χ0n) is 15.4. The van der Waals surface area contributed by atoms with Gasteiger partial charge in [-0.1, -0.05) is 24.3 Å². The van der Waals surface area contributed by atoms with Gasteiger partial charge in [-0.15, -0.1) is 0 Å². The van der Waals surface area contributed by atoms with Crippen LogP contribution in [0.2, 0.25) is 0 Å². The number of carbonyl (C=O) groups excluding carboxylic acids is 2. The lowest BCUT2D eigenvalue weighted by Crippen LogP contribution is -2.50. The Hall–Kier alpha value is -2.89. The van der Waals surface area contributed by atoms with Gasteiger partial charge in [0.15, 0.2) is 0 Å². The number of hydrogen-bond donors (Lipinski definition) is 0. The molecule has 0 N–H and O–H groups in total. The van der Waals surface area contributed by atoms with Crippen molar-refractivity contribution < 1.29 is 18.7 Å². The van der Waals surface area contributed by atoms with Crippen molar-refractivity contribution in [3.63, 3.8) is 0 Å². The summed E-state index contributed by atoms with van der Waals surface area (Å²) in [5.74, 6) is 0.293. The fraction of sp³-hybridized carbons (Fsp3) is 0.333. The Morgan fingerprint density at radius 1 is 1.00 bits per heavy atom. The molecule has 0 unspecified atom stereocenters. The average molecular weight is 370 g/mol. The lowest BCUT2D eigenvalue weighted by molar-refractivity contribution is -0.132. The van der Waals surface area contributed by atoms with Gasteiger partial charge in [0, 0.05) is 38.2 Å². The van der Waals surface area contributed by atoms with Crippen molar-refractivity contribution >= 4 is 11.8 Å². The molecule has 2 aromatic carbocycles. The second-order valence-corrected chi connectivity index (χ2v) is 6.50. The van der Waals surface area contributed by atoms with Gasteiger partial charge in [0.1, 0.15) is 11.6 Å². The Balaban J connectivity index is 1.51. The van der Waals surface area contributed by atoms with Gasteiger partial charge in [0.25, 0.3) is 5.91 Å². The number of hydrogen-bond acceptors (Lipinski definition) is 3. The predicted molar refractivity (Wildman–Crippen MR) is 100 cm³/mol. The highest BCUT2D eigenvalue weighted by molar-refractivity contribution is 5.94. The summed E-state index contributed by atoms with van der Waals surface area (Å²) in [6, 6.07) is 13.6. The van der Waals surface area contributed by atoms with Crippen molar-refractivity contribution in [3.8, 4) is 5.75 Å². The maximum absolute atomic E-state index is 13.7. The first-order chi connectivity index (χ1) is 13.1. The zero-order valence-corrected chi connectivity index (χ0v) is 15.4. The Labute approximate surface area is 158 Å². The third kappa shape index (κ3) is 4.64. The molecule has 0 atom stereocenters. The van der Waals surface area contributed by atoms with Gasteiger partial charge in [0.05, 0.1) is 7.11 Å². The molecule has 0 aliphatic carbocycles. The second-order valence-electron chi connectivity index (χ2n) is 6.50. The van der Waals surface area contributed by atoms with Gasteiger partial charge < -0.3 is 14.5 Å². The van der Waals surface area contributed by atoms with E-state index in [0.29, 0.717) is 49.5 Å². The Kier molecular flexibility index (Phi) is 6.06. The summed E-state index contributed by atoms with van der Waals surface area (Å²) in [5.41, 5.74) is 1.13. The predicted octanol–water partition coefficient (Wildman–Crippen LogP) is 2.75. The Morgan fingerprint density at radius 2 is 1.70 bits per heavy atom. The molecule has 5 nitrogen and oxygen atoms in total. The summed E-state index contributed by atoms with van der Waals surface area (Å²) < 4.78 is 18.8. The van der Waals surface area contributed by atoms with Gasteiger partial charge >= 0.3 is 0 Å². The third-order valence-corrected chi connectivity index (χ3v) is 4.80. The van der Waals surface area contributed by atoms with Crippen LogP contribution in [0.1, 0.15) is 22.3 Å². The van der Waals surface area contributed by atoms with Crippen molar-refractivity contribution in [2.24, 2.45) is 0 Å². The van der Waals surface area contributed by atoms with Crippen LogP contribution in [-0.4, -0.2) is 54.9 Å². The van der Waals surface area contributed by atoms with Crippen LogP contribution < -0.4 is 4.74 Å². The minimum Gasteiger partial charge on any atom is -0.497 e. The molecule has 1 aliphatic rings. The van der Waals surface area contributed by atoms with Crippen LogP contribution in [0.3, 0.4) is 0 Å². The van der Waals surface area contributed by atoms with E-state index < -0.39 is 0 Å². The first-order valence-corrected chi connectivity index (χ1v) is 9.03. The smallest absolute Gasteiger partial charge is 0.254 e. The summed E-state index contributed by atoms with van der Waals surface area (Å²) in [5, 5.41) is 0. The maximum Gasteiger partial charge on any atom is 0.254 e. The maximum atomic E-state index is 13.7. The van der Waals surface area contributed by atoms with Crippen LogP contribution in [0.15, 0.2) is 48.5 Å². The lowest BCUT2D eigenvalue weighted by atomic mass is 10.1. The van der Waals surface area contributed by atoms with E-state index >= 15 is 0 Å². The molecule has 0 radical (unpaired) electrons. The monoisotopic (exact) mass is 370 g/mol. The number of halogens is 1. The van der Waals surface area contributed by atoms with Crippen LogP contribution in [-0.2, 0) is 11.2 Å². The largest absolute Gasteiger partial charge is 0.497 e. The van der Waals surface area contributed by atoms with E-state index in [1.807, 2.05) is 0 Å². The topological polar surface area (TPSA) is 49.9 Å². The molecule has 2 aromatic rings. The lowest BCUT2D eigenvalue weighted by Gasteiger charge is -2.35. The highest BCUT2D eigenvalue weighted by Crippen LogP contribution is 2.16. The SMILES string of the molecule is COc1cccc(C(=O)N2CCN(C(=O)CCc3ccccc3F)CC2)c1. The number of rotatable bonds is 5. The van der Waals surface area contributed by atoms with Crippen LogP contribution in [0, 0.1) is 5.82 Å². The number of carbonyl (C=O) groups is 2. The van der Waals surface area contributed by atoms with Gasteiger partial charge in [-0.05, 0) is 36.2 Å². The van der Waals surface area contributed by atoms with E-state index in [0.717, 1.165) is 0 Å². The number of benzene rings is 2. The van der Waals surface area contributed by atoms with Gasteiger partial charge in [0.2, 0.25) is 5.91 Å². The zero-order chi connectivity index (χ0) is 19.2. The van der Waals surface area contributed by atoms with Gasteiger partial charge in [-0.2, -0.15) is 0 Å². The number of amides is 2. The van der Waals surface area contributed by atoms with Crippen LogP contribution >= 0.6 is 0 Å². The first kappa shape index (κ1) is 18.9. The van der Waals surface area contributed by atoms with Crippen molar-refractivity contribution in [2.45, 2.75) is 12.8 Å². The fourth-order valence-electron chi connectivity index (χ4n) is 3.20. The molecule has 6 heteroatoms. The summed E-state index contributed by atoms with van der Waals surface area (Å²) in [7, 11) is 1.56. The van der Waals surface area contributed by atoms with Crippen molar-refractivity contribution in [3.05, 3.63) is 65.5 Å². The highest BCUT2D eigenvalue weighted by atomic mass is 19.1. The van der Waals surface area contributed by atoms with E-state index in [4.69, 9.17) is 4.74 Å². The summed E-state index contributed by atoms with van der Waals surface area (Å²) >= 11 is 0.